The number of nitrogens with zero attached hydrogens (tertiary/aromatic N) is 2. The monoisotopic (exact) mass is 311 g/mol. The van der Waals surface area contributed by atoms with Gasteiger partial charge in [0.15, 0.2) is 0 Å². The minimum Gasteiger partial charge on any atom is -0.330 e. The lowest BCUT2D eigenvalue weighted by Crippen LogP contribution is -2.44. The second-order valence-corrected chi connectivity index (χ2v) is 6.99. The molecule has 21 heavy (non-hydrogen) atoms. The van der Waals surface area contributed by atoms with E-state index in [9.17, 15) is 12.8 Å². The molecule has 1 saturated heterocycles. The molecule has 0 radical (unpaired) electrons. The summed E-state index contributed by atoms with van der Waals surface area (Å²) in [6, 6.07) is 4.87. The van der Waals surface area contributed by atoms with Crippen LogP contribution in [0.3, 0.4) is 0 Å². The Bertz CT molecular complexity index is 653. The van der Waals surface area contributed by atoms with E-state index in [0.29, 0.717) is 19.5 Å². The highest BCUT2D eigenvalue weighted by Crippen LogP contribution is 2.27. The lowest BCUT2D eigenvalue weighted by molar-refractivity contribution is 0.243. The van der Waals surface area contributed by atoms with E-state index >= 15 is 0 Å². The van der Waals surface area contributed by atoms with Gasteiger partial charge in [0.2, 0.25) is 10.0 Å². The Morgan fingerprint density at radius 1 is 1.43 bits per heavy atom. The van der Waals surface area contributed by atoms with Crippen molar-refractivity contribution in [2.24, 2.45) is 5.73 Å². The van der Waals surface area contributed by atoms with Crippen LogP contribution in [0.2, 0.25) is 0 Å². The molecule has 114 valence electrons. The van der Waals surface area contributed by atoms with Crippen molar-refractivity contribution < 1.29 is 12.8 Å². The van der Waals surface area contributed by atoms with E-state index in [1.165, 1.54) is 10.4 Å². The summed E-state index contributed by atoms with van der Waals surface area (Å²) < 4.78 is 40.2. The van der Waals surface area contributed by atoms with E-state index < -0.39 is 15.8 Å². The van der Waals surface area contributed by atoms with Gasteiger partial charge in [0, 0.05) is 12.6 Å². The third-order valence-corrected chi connectivity index (χ3v) is 5.69. The summed E-state index contributed by atoms with van der Waals surface area (Å²) in [4.78, 5) is -0.0376. The van der Waals surface area contributed by atoms with Gasteiger partial charge in [-0.05, 0) is 44.0 Å². The summed E-state index contributed by atoms with van der Waals surface area (Å²) in [5.41, 5.74) is 5.29. The van der Waals surface area contributed by atoms with Gasteiger partial charge in [-0.2, -0.15) is 9.57 Å². The Kier molecular flexibility index (Phi) is 4.93. The number of benzene rings is 1. The fourth-order valence-corrected chi connectivity index (χ4v) is 4.41. The first-order valence-electron chi connectivity index (χ1n) is 6.92. The molecule has 2 N–H and O–H groups in total. The fraction of sp³-hybridized carbons (Fsp3) is 0.500. The van der Waals surface area contributed by atoms with Crippen molar-refractivity contribution in [3.63, 3.8) is 0 Å². The van der Waals surface area contributed by atoms with Crippen molar-refractivity contribution in [3.8, 4) is 6.07 Å². The molecule has 0 aromatic heterocycles. The standard InChI is InChI=1S/C14H18FN3O2S/c15-14-5-4-13(9-11(14)10-17)21(19,20)18-8-2-1-3-12(18)6-7-16/h4-5,9,12H,1-3,6-8,16H2. The molecule has 5 nitrogen and oxygen atoms in total. The molecule has 0 bridgehead atoms. The first kappa shape index (κ1) is 15.9. The van der Waals surface area contributed by atoms with Crippen molar-refractivity contribution in [1.29, 1.82) is 5.26 Å². The average molecular weight is 311 g/mol. The van der Waals surface area contributed by atoms with Crippen molar-refractivity contribution >= 4 is 10.0 Å². The summed E-state index contributed by atoms with van der Waals surface area (Å²) >= 11 is 0. The number of hydrogen-bond acceptors (Lipinski definition) is 4. The molecule has 0 spiro atoms. The van der Waals surface area contributed by atoms with Gasteiger partial charge in [0.1, 0.15) is 11.9 Å². The molecular formula is C14H18FN3O2S. The van der Waals surface area contributed by atoms with Gasteiger partial charge in [-0.15, -0.1) is 0 Å². The van der Waals surface area contributed by atoms with Crippen molar-refractivity contribution in [3.05, 3.63) is 29.6 Å². The maximum absolute atomic E-state index is 13.4. The number of sulfonamides is 1. The maximum Gasteiger partial charge on any atom is 0.243 e. The average Bonchev–Trinajstić information content (AvgIpc) is 2.48. The zero-order valence-corrected chi connectivity index (χ0v) is 12.4. The summed E-state index contributed by atoms with van der Waals surface area (Å²) in [6.07, 6.45) is 3.16. The van der Waals surface area contributed by atoms with Crippen molar-refractivity contribution in [2.45, 2.75) is 36.6 Å². The molecule has 1 heterocycles. The third kappa shape index (κ3) is 3.23. The largest absolute Gasteiger partial charge is 0.330 e. The maximum atomic E-state index is 13.4. The van der Waals surface area contributed by atoms with Crippen molar-refractivity contribution in [2.75, 3.05) is 13.1 Å². The van der Waals surface area contributed by atoms with Crippen LogP contribution in [0.5, 0.6) is 0 Å². The Balaban J connectivity index is 2.38. The van der Waals surface area contributed by atoms with E-state index in [1.54, 1.807) is 6.07 Å². The summed E-state index contributed by atoms with van der Waals surface area (Å²) in [5, 5.41) is 8.84. The highest BCUT2D eigenvalue weighted by atomic mass is 32.2. The summed E-state index contributed by atoms with van der Waals surface area (Å²) in [5.74, 6) is -0.714. The molecule has 1 atom stereocenters. The minimum absolute atomic E-state index is 0.0376. The number of nitrogens with two attached hydrogens (primary N) is 1. The molecule has 0 saturated carbocycles. The van der Waals surface area contributed by atoms with E-state index in [2.05, 4.69) is 0 Å². The van der Waals surface area contributed by atoms with Gasteiger partial charge in [0.25, 0.3) is 0 Å². The predicted octanol–water partition coefficient (Wildman–Crippen LogP) is 1.59. The molecule has 7 heteroatoms. The molecule has 0 amide bonds. The molecule has 1 unspecified atom stereocenters. The molecule has 1 aliphatic rings. The van der Waals surface area contributed by atoms with Crippen LogP contribution in [-0.4, -0.2) is 31.9 Å². The Morgan fingerprint density at radius 2 is 2.19 bits per heavy atom. The molecule has 2 rings (SSSR count). The van der Waals surface area contributed by atoms with Crippen LogP contribution >= 0.6 is 0 Å². The number of hydrogen-bond donors (Lipinski definition) is 1. The topological polar surface area (TPSA) is 87.2 Å². The van der Waals surface area contributed by atoms with E-state index in [1.807, 2.05) is 0 Å². The molecular weight excluding hydrogens is 293 g/mol. The molecule has 1 aromatic carbocycles. The highest BCUT2D eigenvalue weighted by Gasteiger charge is 2.33. The molecule has 1 fully saturated rings. The van der Waals surface area contributed by atoms with Crippen LogP contribution in [0.15, 0.2) is 23.1 Å². The quantitative estimate of drug-likeness (QED) is 0.914. The second-order valence-electron chi connectivity index (χ2n) is 5.10. The van der Waals surface area contributed by atoms with E-state index in [4.69, 9.17) is 11.0 Å². The molecule has 1 aromatic rings. The Morgan fingerprint density at radius 3 is 2.86 bits per heavy atom. The van der Waals surface area contributed by atoms with Gasteiger partial charge in [0.05, 0.1) is 10.5 Å². The Hall–Kier alpha value is -1.49. The zero-order valence-electron chi connectivity index (χ0n) is 11.6. The van der Waals surface area contributed by atoms with Crippen LogP contribution < -0.4 is 5.73 Å². The smallest absolute Gasteiger partial charge is 0.243 e. The van der Waals surface area contributed by atoms with Gasteiger partial charge in [-0.3, -0.25) is 0 Å². The van der Waals surface area contributed by atoms with Crippen LogP contribution in [0, 0.1) is 17.1 Å². The van der Waals surface area contributed by atoms with Gasteiger partial charge >= 0.3 is 0 Å². The SMILES string of the molecule is N#Cc1cc(S(=O)(=O)N2CCCCC2CCN)ccc1F. The summed E-state index contributed by atoms with van der Waals surface area (Å²) in [6.45, 7) is 0.857. The lowest BCUT2D eigenvalue weighted by Gasteiger charge is -2.34. The fourth-order valence-electron chi connectivity index (χ4n) is 2.66. The first-order chi connectivity index (χ1) is 10.0. The number of halogens is 1. The lowest BCUT2D eigenvalue weighted by atomic mass is 10.0. The van der Waals surface area contributed by atoms with E-state index in [0.717, 1.165) is 31.4 Å². The zero-order chi connectivity index (χ0) is 15.5. The first-order valence-corrected chi connectivity index (χ1v) is 8.36. The predicted molar refractivity (Wildman–Crippen MR) is 76.3 cm³/mol. The van der Waals surface area contributed by atoms with Crippen LogP contribution in [-0.2, 0) is 10.0 Å². The number of rotatable bonds is 4. The Labute approximate surface area is 124 Å². The molecule has 1 aliphatic heterocycles. The number of piperidine rings is 1. The minimum atomic E-state index is -3.72. The molecule has 0 aliphatic carbocycles. The summed E-state index contributed by atoms with van der Waals surface area (Å²) in [7, 11) is -3.72. The van der Waals surface area contributed by atoms with Gasteiger partial charge in [-0.25, -0.2) is 12.8 Å². The van der Waals surface area contributed by atoms with Crippen LogP contribution in [0.1, 0.15) is 31.2 Å². The highest BCUT2D eigenvalue weighted by molar-refractivity contribution is 7.89. The van der Waals surface area contributed by atoms with Gasteiger partial charge in [-0.1, -0.05) is 6.42 Å². The van der Waals surface area contributed by atoms with Gasteiger partial charge < -0.3 is 5.73 Å². The second kappa shape index (κ2) is 6.52. The normalized spacial score (nSPS) is 20.1. The number of nitriles is 1. The third-order valence-electron chi connectivity index (χ3n) is 3.74. The van der Waals surface area contributed by atoms with Crippen LogP contribution in [0.25, 0.3) is 0 Å². The van der Waals surface area contributed by atoms with Crippen LogP contribution in [0.4, 0.5) is 4.39 Å². The van der Waals surface area contributed by atoms with E-state index in [-0.39, 0.29) is 16.5 Å². The van der Waals surface area contributed by atoms with Crippen molar-refractivity contribution in [1.82, 2.24) is 4.31 Å².